The Labute approximate surface area is 225 Å². The predicted octanol–water partition coefficient (Wildman–Crippen LogP) is 7.92. The molecule has 0 aliphatic rings. The van der Waals surface area contributed by atoms with Gasteiger partial charge in [-0.2, -0.15) is 13.2 Å². The zero-order chi connectivity index (χ0) is 28.8. The molecule has 5 rings (SSSR count). The number of halogens is 9. The molecule has 2 N–H and O–H groups in total. The Kier molecular flexibility index (Phi) is 6.90. The van der Waals surface area contributed by atoms with Gasteiger partial charge in [-0.3, -0.25) is 4.98 Å². The molecular weight excluding hydrogens is 568 g/mol. The van der Waals surface area contributed by atoms with Gasteiger partial charge in [0.05, 0.1) is 16.3 Å². The fraction of sp³-hybridized carbons (Fsp3) is 0.111. The number of nitrogens with zero attached hydrogens (tertiary/aromatic N) is 2. The smallest absolute Gasteiger partial charge is 0.340 e. The van der Waals surface area contributed by atoms with Crippen LogP contribution in [-0.2, 0) is 18.1 Å². The second-order valence-corrected chi connectivity index (χ2v) is 9.28. The molecule has 3 aromatic carbocycles. The highest BCUT2D eigenvalue weighted by Crippen LogP contribution is 2.40. The first-order chi connectivity index (χ1) is 18.9. The van der Waals surface area contributed by atoms with Crippen molar-refractivity contribution in [3.63, 3.8) is 0 Å². The van der Waals surface area contributed by atoms with Gasteiger partial charge in [-0.1, -0.05) is 41.9 Å². The first-order valence-corrected chi connectivity index (χ1v) is 11.8. The summed E-state index contributed by atoms with van der Waals surface area (Å²) < 4.78 is 113. The minimum absolute atomic E-state index is 0.0123. The van der Waals surface area contributed by atoms with E-state index in [1.165, 1.54) is 18.3 Å². The Morgan fingerprint density at radius 3 is 2.12 bits per heavy atom. The molecule has 13 heteroatoms. The van der Waals surface area contributed by atoms with Gasteiger partial charge in [-0.25, -0.2) is 26.9 Å². The van der Waals surface area contributed by atoms with Gasteiger partial charge in [-0.05, 0) is 41.5 Å². The highest BCUT2D eigenvalue weighted by Gasteiger charge is 2.41. The molecule has 0 bridgehead atoms. The van der Waals surface area contributed by atoms with Crippen LogP contribution >= 0.6 is 11.6 Å². The number of benzene rings is 3. The van der Waals surface area contributed by atoms with Crippen LogP contribution in [0.25, 0.3) is 11.0 Å². The van der Waals surface area contributed by atoms with Crippen molar-refractivity contribution in [1.29, 1.82) is 0 Å². The summed E-state index contributed by atoms with van der Waals surface area (Å²) in [5.74, 6) is -9.47. The Morgan fingerprint density at radius 1 is 0.800 bits per heavy atom. The topological polar surface area (TPSA) is 53.6 Å². The molecule has 0 unspecified atom stereocenters. The van der Waals surface area contributed by atoms with Crippen LogP contribution in [0, 0.1) is 29.1 Å². The predicted molar refractivity (Wildman–Crippen MR) is 131 cm³/mol. The lowest BCUT2D eigenvalue weighted by Crippen LogP contribution is -2.40. The molecule has 0 amide bonds. The molecule has 206 valence electrons. The standard InChI is InChI=1S/C27H15ClF8N4/c28-16-6-7-18(37-12-16)26(11-13-4-2-1-3-5-13,14-8-15(27(34,35)36)10-17(29)9-14)40-25-38-23-21(32)19(30)20(31)22(33)24(23)39-25/h1-10,12H,11H2,(H2,38,39,40)/t26-/m1/s1. The molecule has 0 saturated carbocycles. The second kappa shape index (κ2) is 10.1. The van der Waals surface area contributed by atoms with Crippen molar-refractivity contribution in [3.05, 3.63) is 123 Å². The van der Waals surface area contributed by atoms with Gasteiger partial charge in [0.25, 0.3) is 0 Å². The van der Waals surface area contributed by atoms with E-state index in [1.54, 1.807) is 30.3 Å². The number of H-pyrrole nitrogens is 1. The lowest BCUT2D eigenvalue weighted by atomic mass is 9.80. The number of rotatable bonds is 6. The third-order valence-corrected chi connectivity index (χ3v) is 6.46. The van der Waals surface area contributed by atoms with Gasteiger partial charge in [0.2, 0.25) is 5.95 Å². The van der Waals surface area contributed by atoms with Crippen molar-refractivity contribution < 1.29 is 35.1 Å². The van der Waals surface area contributed by atoms with Crippen LogP contribution in [0.1, 0.15) is 22.4 Å². The summed E-state index contributed by atoms with van der Waals surface area (Å²) in [6.07, 6.45) is -3.94. The lowest BCUT2D eigenvalue weighted by molar-refractivity contribution is -0.137. The molecule has 0 aliphatic carbocycles. The van der Waals surface area contributed by atoms with Crippen LogP contribution in [0.5, 0.6) is 0 Å². The van der Waals surface area contributed by atoms with Crippen molar-refractivity contribution in [1.82, 2.24) is 15.0 Å². The molecule has 1 atom stereocenters. The maximum absolute atomic E-state index is 14.7. The van der Waals surface area contributed by atoms with E-state index in [-0.39, 0.29) is 22.7 Å². The van der Waals surface area contributed by atoms with E-state index in [0.717, 1.165) is 6.07 Å². The quantitative estimate of drug-likeness (QED) is 0.121. The zero-order valence-electron chi connectivity index (χ0n) is 19.9. The van der Waals surface area contributed by atoms with Gasteiger partial charge in [0, 0.05) is 12.6 Å². The van der Waals surface area contributed by atoms with Crippen LogP contribution in [0.15, 0.2) is 66.9 Å². The fourth-order valence-corrected chi connectivity index (χ4v) is 4.52. The summed E-state index contributed by atoms with van der Waals surface area (Å²) in [6.45, 7) is 0. The van der Waals surface area contributed by atoms with E-state index < -0.39 is 63.3 Å². The molecule has 4 nitrogen and oxygen atoms in total. The molecule has 0 saturated heterocycles. The van der Waals surface area contributed by atoms with Crippen molar-refractivity contribution in [2.24, 2.45) is 0 Å². The normalized spacial score (nSPS) is 13.4. The molecular formula is C27H15ClF8N4. The fourth-order valence-electron chi connectivity index (χ4n) is 4.41. The number of aromatic amines is 1. The van der Waals surface area contributed by atoms with Gasteiger partial charge in [-0.15, -0.1) is 0 Å². The van der Waals surface area contributed by atoms with Gasteiger partial charge < -0.3 is 10.3 Å². The molecule has 2 heterocycles. The number of alkyl halides is 3. The Morgan fingerprint density at radius 2 is 1.48 bits per heavy atom. The second-order valence-electron chi connectivity index (χ2n) is 8.85. The number of imidazole rings is 1. The maximum atomic E-state index is 14.7. The van der Waals surface area contributed by atoms with Crippen molar-refractivity contribution in [2.45, 2.75) is 18.1 Å². The third kappa shape index (κ3) is 4.94. The average molecular weight is 583 g/mol. The number of hydrogen-bond acceptors (Lipinski definition) is 3. The van der Waals surface area contributed by atoms with Gasteiger partial charge in [0.1, 0.15) is 22.4 Å². The first kappa shape index (κ1) is 27.4. The van der Waals surface area contributed by atoms with Crippen molar-refractivity contribution in [3.8, 4) is 0 Å². The van der Waals surface area contributed by atoms with Crippen LogP contribution < -0.4 is 5.32 Å². The minimum Gasteiger partial charge on any atom is -0.340 e. The molecule has 0 spiro atoms. The number of aromatic nitrogens is 3. The summed E-state index contributed by atoms with van der Waals surface area (Å²) in [5, 5.41) is 2.97. The minimum atomic E-state index is -4.94. The highest BCUT2D eigenvalue weighted by molar-refractivity contribution is 6.30. The third-order valence-electron chi connectivity index (χ3n) is 6.24. The molecule has 40 heavy (non-hydrogen) atoms. The van der Waals surface area contributed by atoms with Crippen molar-refractivity contribution in [2.75, 3.05) is 5.32 Å². The van der Waals surface area contributed by atoms with E-state index in [1.807, 2.05) is 0 Å². The molecule has 0 radical (unpaired) electrons. The lowest BCUT2D eigenvalue weighted by Gasteiger charge is -2.35. The first-order valence-electron chi connectivity index (χ1n) is 11.4. The Balaban J connectivity index is 1.81. The summed E-state index contributed by atoms with van der Waals surface area (Å²) >= 11 is 5.99. The maximum Gasteiger partial charge on any atom is 0.416 e. The summed E-state index contributed by atoms with van der Waals surface area (Å²) in [5.41, 5.74) is -4.72. The molecule has 2 aromatic heterocycles. The number of anilines is 1. The van der Waals surface area contributed by atoms with Gasteiger partial charge in [0.15, 0.2) is 23.3 Å². The van der Waals surface area contributed by atoms with E-state index in [4.69, 9.17) is 11.6 Å². The monoisotopic (exact) mass is 582 g/mol. The Bertz CT molecular complexity index is 1660. The summed E-state index contributed by atoms with van der Waals surface area (Å²) in [6, 6.07) is 12.9. The van der Waals surface area contributed by atoms with Crippen LogP contribution in [0.2, 0.25) is 5.02 Å². The molecule has 0 aliphatic heterocycles. The number of nitrogens with one attached hydrogen (secondary N) is 2. The SMILES string of the molecule is Fc1cc(C(F)(F)F)cc([C@@](Cc2ccccc2)(Nc2nc3c(F)c(F)c(F)c(F)c3[nH]2)c2ccc(Cl)cn2)c1. The number of hydrogen-bond donors (Lipinski definition) is 2. The van der Waals surface area contributed by atoms with E-state index in [0.29, 0.717) is 17.7 Å². The number of fused-ring (bicyclic) bond motifs is 1. The van der Waals surface area contributed by atoms with E-state index in [2.05, 4.69) is 20.3 Å². The number of pyridine rings is 1. The van der Waals surface area contributed by atoms with Gasteiger partial charge >= 0.3 is 6.18 Å². The largest absolute Gasteiger partial charge is 0.416 e. The van der Waals surface area contributed by atoms with Crippen LogP contribution in [-0.4, -0.2) is 15.0 Å². The highest BCUT2D eigenvalue weighted by atomic mass is 35.5. The summed E-state index contributed by atoms with van der Waals surface area (Å²) in [4.78, 5) is 10.4. The average Bonchev–Trinajstić information content (AvgIpc) is 3.34. The van der Waals surface area contributed by atoms with E-state index >= 15 is 0 Å². The zero-order valence-corrected chi connectivity index (χ0v) is 20.6. The van der Waals surface area contributed by atoms with Crippen molar-refractivity contribution >= 4 is 28.6 Å². The van der Waals surface area contributed by atoms with Crippen LogP contribution in [0.3, 0.4) is 0 Å². The van der Waals surface area contributed by atoms with Crippen LogP contribution in [0.4, 0.5) is 41.1 Å². The Hall–Kier alpha value is -4.19. The summed E-state index contributed by atoms with van der Waals surface area (Å²) in [7, 11) is 0. The van der Waals surface area contributed by atoms with E-state index in [9.17, 15) is 35.1 Å². The molecule has 5 aromatic rings. The molecule has 0 fully saturated rings.